The average Bonchev–Trinajstić information content (AvgIpc) is 2.64. The minimum Gasteiger partial charge on any atom is -0.497 e. The minimum absolute atomic E-state index is 0.151. The minimum atomic E-state index is -0.779. The number of hydrogen-bond acceptors (Lipinski definition) is 5. The summed E-state index contributed by atoms with van der Waals surface area (Å²) in [6, 6.07) is 11.7. The van der Waals surface area contributed by atoms with E-state index in [1.807, 2.05) is 6.92 Å². The van der Waals surface area contributed by atoms with Gasteiger partial charge in [0.05, 0.1) is 18.5 Å². The van der Waals surface area contributed by atoms with Crippen molar-refractivity contribution >= 4 is 23.5 Å². The smallest absolute Gasteiger partial charge is 0.335 e. The van der Waals surface area contributed by atoms with Crippen molar-refractivity contribution in [2.75, 3.05) is 7.11 Å². The predicted octanol–water partition coefficient (Wildman–Crippen LogP) is 2.95. The van der Waals surface area contributed by atoms with Crippen LogP contribution in [0.2, 0.25) is 5.02 Å². The van der Waals surface area contributed by atoms with Crippen LogP contribution in [0.25, 0.3) is 5.69 Å². The third kappa shape index (κ3) is 3.78. The van der Waals surface area contributed by atoms with E-state index in [0.29, 0.717) is 22.1 Å². The number of aromatic amines is 1. The standard InChI is InChI=1S/C19H16ClN3O4/c1-11-3-6-13(9-16(11)20)23-18(25)15(17(24)22-19(23)26)10-21-12-4-7-14(27-2)8-5-12/h3-10,25H,1-2H3,(H,22,24,26). The highest BCUT2D eigenvalue weighted by Gasteiger charge is 2.14. The summed E-state index contributed by atoms with van der Waals surface area (Å²) in [4.78, 5) is 30.7. The molecule has 138 valence electrons. The van der Waals surface area contributed by atoms with Crippen molar-refractivity contribution in [3.8, 4) is 17.3 Å². The summed E-state index contributed by atoms with van der Waals surface area (Å²) in [7, 11) is 1.55. The number of halogens is 1. The predicted molar refractivity (Wildman–Crippen MR) is 104 cm³/mol. The van der Waals surface area contributed by atoms with Crippen molar-refractivity contribution < 1.29 is 9.84 Å². The quantitative estimate of drug-likeness (QED) is 0.675. The molecule has 2 N–H and O–H groups in total. The van der Waals surface area contributed by atoms with Gasteiger partial charge in [0.25, 0.3) is 5.56 Å². The van der Waals surface area contributed by atoms with E-state index >= 15 is 0 Å². The second kappa shape index (κ2) is 7.51. The van der Waals surface area contributed by atoms with E-state index in [1.54, 1.807) is 43.5 Å². The maximum absolute atomic E-state index is 12.2. The second-order valence-electron chi connectivity index (χ2n) is 5.72. The monoisotopic (exact) mass is 385 g/mol. The Hall–Kier alpha value is -3.32. The van der Waals surface area contributed by atoms with Gasteiger partial charge >= 0.3 is 5.69 Å². The molecule has 3 rings (SSSR count). The van der Waals surface area contributed by atoms with Gasteiger partial charge in [0, 0.05) is 11.2 Å². The molecule has 0 saturated carbocycles. The molecule has 8 heteroatoms. The lowest BCUT2D eigenvalue weighted by molar-refractivity contribution is 0.415. The van der Waals surface area contributed by atoms with Gasteiger partial charge in [0.1, 0.15) is 11.3 Å². The van der Waals surface area contributed by atoms with Crippen LogP contribution in [0.5, 0.6) is 11.6 Å². The van der Waals surface area contributed by atoms with Crippen molar-refractivity contribution in [2.45, 2.75) is 6.92 Å². The van der Waals surface area contributed by atoms with Crippen LogP contribution in [0.15, 0.2) is 57.0 Å². The summed E-state index contributed by atoms with van der Waals surface area (Å²) in [5, 5.41) is 10.9. The SMILES string of the molecule is COc1ccc(N=Cc2c(O)n(-c3ccc(C)c(Cl)c3)c(=O)[nH]c2=O)cc1. The number of methoxy groups -OCH3 is 1. The molecule has 0 amide bonds. The summed E-state index contributed by atoms with van der Waals surface area (Å²) >= 11 is 6.10. The van der Waals surface area contributed by atoms with Crippen molar-refractivity contribution in [1.29, 1.82) is 0 Å². The summed E-state index contributed by atoms with van der Waals surface area (Å²) < 4.78 is 6.03. The number of benzene rings is 2. The number of rotatable bonds is 4. The molecule has 27 heavy (non-hydrogen) atoms. The Morgan fingerprint density at radius 1 is 1.19 bits per heavy atom. The lowest BCUT2D eigenvalue weighted by Crippen LogP contribution is -2.31. The lowest BCUT2D eigenvalue weighted by Gasteiger charge is -2.10. The molecule has 1 heterocycles. The van der Waals surface area contributed by atoms with Gasteiger partial charge in [-0.3, -0.25) is 14.8 Å². The highest BCUT2D eigenvalue weighted by atomic mass is 35.5. The van der Waals surface area contributed by atoms with Crippen LogP contribution >= 0.6 is 11.6 Å². The number of hydrogen-bond donors (Lipinski definition) is 2. The van der Waals surface area contributed by atoms with Gasteiger partial charge in [0.15, 0.2) is 0 Å². The maximum atomic E-state index is 12.2. The molecule has 0 atom stereocenters. The number of aromatic hydroxyl groups is 1. The first-order valence-corrected chi connectivity index (χ1v) is 8.31. The van der Waals surface area contributed by atoms with E-state index < -0.39 is 17.1 Å². The molecular weight excluding hydrogens is 370 g/mol. The molecule has 0 aliphatic rings. The van der Waals surface area contributed by atoms with E-state index in [-0.39, 0.29) is 5.56 Å². The Morgan fingerprint density at radius 3 is 2.52 bits per heavy atom. The molecule has 7 nitrogen and oxygen atoms in total. The van der Waals surface area contributed by atoms with Crippen LogP contribution in [0.4, 0.5) is 5.69 Å². The van der Waals surface area contributed by atoms with Gasteiger partial charge in [-0.15, -0.1) is 0 Å². The Bertz CT molecular complexity index is 1130. The normalized spacial score (nSPS) is 11.1. The lowest BCUT2D eigenvalue weighted by atomic mass is 10.2. The zero-order valence-corrected chi connectivity index (χ0v) is 15.3. The van der Waals surface area contributed by atoms with E-state index in [2.05, 4.69) is 9.98 Å². The van der Waals surface area contributed by atoms with E-state index in [1.165, 1.54) is 12.3 Å². The first-order valence-electron chi connectivity index (χ1n) is 7.93. The highest BCUT2D eigenvalue weighted by Crippen LogP contribution is 2.22. The van der Waals surface area contributed by atoms with Crippen LogP contribution in [0, 0.1) is 6.92 Å². The van der Waals surface area contributed by atoms with E-state index in [9.17, 15) is 14.7 Å². The molecule has 2 aromatic carbocycles. The summed E-state index contributed by atoms with van der Waals surface area (Å²) in [6.07, 6.45) is 1.20. The maximum Gasteiger partial charge on any atom is 0.335 e. The van der Waals surface area contributed by atoms with Gasteiger partial charge in [-0.2, -0.15) is 0 Å². The topological polar surface area (TPSA) is 96.7 Å². The fourth-order valence-corrected chi connectivity index (χ4v) is 2.60. The van der Waals surface area contributed by atoms with Crippen LogP contribution in [-0.2, 0) is 0 Å². The largest absolute Gasteiger partial charge is 0.497 e. The Kier molecular flexibility index (Phi) is 5.14. The number of H-pyrrole nitrogens is 1. The number of ether oxygens (including phenoxy) is 1. The first kappa shape index (κ1) is 18.5. The molecule has 0 radical (unpaired) electrons. The summed E-state index contributed by atoms with van der Waals surface area (Å²) in [5.41, 5.74) is 0.0122. The molecule has 0 unspecified atom stereocenters. The van der Waals surface area contributed by atoms with E-state index in [0.717, 1.165) is 10.1 Å². The van der Waals surface area contributed by atoms with E-state index in [4.69, 9.17) is 16.3 Å². The molecular formula is C19H16ClN3O4. The number of nitrogens with one attached hydrogen (secondary N) is 1. The molecule has 0 spiro atoms. The fourth-order valence-electron chi connectivity index (χ4n) is 2.42. The van der Waals surface area contributed by atoms with Gasteiger partial charge in [-0.1, -0.05) is 17.7 Å². The molecule has 3 aromatic rings. The van der Waals surface area contributed by atoms with Gasteiger partial charge in [0.2, 0.25) is 5.88 Å². The molecule has 0 saturated heterocycles. The molecule has 1 aromatic heterocycles. The molecule has 0 aliphatic heterocycles. The van der Waals surface area contributed by atoms with Crippen LogP contribution in [0.1, 0.15) is 11.1 Å². The summed E-state index contributed by atoms with van der Waals surface area (Å²) in [6.45, 7) is 1.81. The van der Waals surface area contributed by atoms with Crippen molar-refractivity contribution in [3.63, 3.8) is 0 Å². The van der Waals surface area contributed by atoms with Crippen LogP contribution in [0.3, 0.4) is 0 Å². The number of aliphatic imine (C=N–C) groups is 1. The van der Waals surface area contributed by atoms with Crippen LogP contribution in [-0.4, -0.2) is 28.0 Å². The third-order valence-electron chi connectivity index (χ3n) is 3.95. The molecule has 0 bridgehead atoms. The Labute approximate surface area is 159 Å². The van der Waals surface area contributed by atoms with Crippen molar-refractivity contribution in [3.05, 3.63) is 79.5 Å². The van der Waals surface area contributed by atoms with Crippen LogP contribution < -0.4 is 16.0 Å². The number of aromatic nitrogens is 2. The van der Waals surface area contributed by atoms with Crippen molar-refractivity contribution in [2.24, 2.45) is 4.99 Å². The Balaban J connectivity index is 2.08. The molecule has 0 fully saturated rings. The highest BCUT2D eigenvalue weighted by molar-refractivity contribution is 6.31. The summed E-state index contributed by atoms with van der Waals surface area (Å²) in [5.74, 6) is 0.139. The number of aryl methyl sites for hydroxylation is 1. The zero-order valence-electron chi connectivity index (χ0n) is 14.6. The third-order valence-corrected chi connectivity index (χ3v) is 4.36. The fraction of sp³-hybridized carbons (Fsp3) is 0.105. The second-order valence-corrected chi connectivity index (χ2v) is 6.13. The van der Waals surface area contributed by atoms with Gasteiger partial charge in [-0.25, -0.2) is 9.36 Å². The first-order chi connectivity index (χ1) is 12.9. The van der Waals surface area contributed by atoms with Gasteiger partial charge in [-0.05, 0) is 48.9 Å². The Morgan fingerprint density at radius 2 is 1.89 bits per heavy atom. The van der Waals surface area contributed by atoms with Gasteiger partial charge < -0.3 is 9.84 Å². The zero-order chi connectivity index (χ0) is 19.6. The van der Waals surface area contributed by atoms with Crippen molar-refractivity contribution in [1.82, 2.24) is 9.55 Å². The average molecular weight is 386 g/mol. The molecule has 0 aliphatic carbocycles. The number of nitrogens with zero attached hydrogens (tertiary/aromatic N) is 2.